The number of ether oxygens (including phenoxy) is 1. The molecule has 14 heteroatoms. The van der Waals surface area contributed by atoms with Crippen LogP contribution in [0.1, 0.15) is 0 Å². The Morgan fingerprint density at radius 3 is 2.48 bits per heavy atom. The van der Waals surface area contributed by atoms with Gasteiger partial charge in [0.1, 0.15) is 12.2 Å². The summed E-state index contributed by atoms with van der Waals surface area (Å²) < 4.78 is 16.5. The molecule has 13 nitrogen and oxygen atoms in total. The van der Waals surface area contributed by atoms with Crippen molar-refractivity contribution in [2.75, 3.05) is 18.7 Å². The van der Waals surface area contributed by atoms with E-state index in [2.05, 4.69) is 10.7 Å². The van der Waals surface area contributed by atoms with Gasteiger partial charge in [-0.3, -0.25) is 14.3 Å². The van der Waals surface area contributed by atoms with Gasteiger partial charge >= 0.3 is 19.3 Å². The second-order valence-corrected chi connectivity index (χ2v) is 5.62. The number of amides is 2. The van der Waals surface area contributed by atoms with Crippen molar-refractivity contribution in [1.29, 1.82) is 0 Å². The first-order chi connectivity index (χ1) is 10.6. The van der Waals surface area contributed by atoms with Crippen molar-refractivity contribution in [1.82, 2.24) is 15.0 Å². The van der Waals surface area contributed by atoms with Crippen molar-refractivity contribution in [3.05, 3.63) is 22.7 Å². The predicted octanol–water partition coefficient (Wildman–Crippen LogP) is -2.62. The molecule has 0 saturated heterocycles. The van der Waals surface area contributed by atoms with E-state index < -0.39 is 38.4 Å². The van der Waals surface area contributed by atoms with Crippen LogP contribution in [0.25, 0.3) is 0 Å². The van der Waals surface area contributed by atoms with E-state index >= 15 is 0 Å². The molecule has 0 saturated carbocycles. The highest BCUT2D eigenvalue weighted by Crippen LogP contribution is 2.34. The molecule has 0 radical (unpaired) electrons. The Kier molecular flexibility index (Phi) is 9.02. The van der Waals surface area contributed by atoms with Crippen molar-refractivity contribution in [3.63, 3.8) is 0 Å². The van der Waals surface area contributed by atoms with E-state index in [4.69, 9.17) is 30.6 Å². The quantitative estimate of drug-likeness (QED) is 0.160. The molecule has 1 aromatic rings. The number of nitrogen functional groups attached to an aromatic ring is 1. The second kappa shape index (κ2) is 9.89. The van der Waals surface area contributed by atoms with Gasteiger partial charge in [-0.1, -0.05) is 0 Å². The number of primary amides is 1. The molecule has 1 heterocycles. The third kappa shape index (κ3) is 10.4. The minimum Gasteiger partial charge on any atom is -0.394 e. The summed E-state index contributed by atoms with van der Waals surface area (Å²) in [4.78, 5) is 41.3. The SMILES string of the molecule is NC(=O)NO.Nc1ccn(C[C@@H](CO)OCP(=O)(O)O)c(=O)n1. The Morgan fingerprint density at radius 2 is 2.09 bits per heavy atom. The van der Waals surface area contributed by atoms with Crippen LogP contribution in [0.15, 0.2) is 17.1 Å². The Morgan fingerprint density at radius 1 is 1.52 bits per heavy atom. The molecule has 132 valence electrons. The molecule has 2 amide bonds. The van der Waals surface area contributed by atoms with E-state index in [0.29, 0.717) is 0 Å². The van der Waals surface area contributed by atoms with Crippen molar-refractivity contribution in [2.45, 2.75) is 12.6 Å². The van der Waals surface area contributed by atoms with Gasteiger partial charge in [-0.2, -0.15) is 4.98 Å². The highest BCUT2D eigenvalue weighted by Gasteiger charge is 2.18. The van der Waals surface area contributed by atoms with Crippen molar-refractivity contribution in [3.8, 4) is 0 Å². The number of hydrogen-bond acceptors (Lipinski definition) is 8. The van der Waals surface area contributed by atoms with Gasteiger partial charge in [-0.15, -0.1) is 0 Å². The van der Waals surface area contributed by atoms with E-state index in [9.17, 15) is 14.2 Å². The predicted molar refractivity (Wildman–Crippen MR) is 76.3 cm³/mol. The number of hydroxylamine groups is 1. The van der Waals surface area contributed by atoms with Crippen LogP contribution in [-0.4, -0.2) is 54.7 Å². The van der Waals surface area contributed by atoms with Crippen molar-refractivity contribution >= 4 is 19.4 Å². The molecular weight excluding hydrogens is 337 g/mol. The van der Waals surface area contributed by atoms with Gasteiger partial charge in [0, 0.05) is 6.20 Å². The van der Waals surface area contributed by atoms with E-state index in [1.807, 2.05) is 0 Å². The zero-order chi connectivity index (χ0) is 18.0. The van der Waals surface area contributed by atoms with E-state index in [1.165, 1.54) is 17.7 Å². The van der Waals surface area contributed by atoms with Gasteiger partial charge in [-0.05, 0) is 6.07 Å². The molecule has 23 heavy (non-hydrogen) atoms. The summed E-state index contributed by atoms with van der Waals surface area (Å²) in [5.74, 6) is 0.0629. The van der Waals surface area contributed by atoms with Crippen LogP contribution in [0.4, 0.5) is 10.6 Å². The van der Waals surface area contributed by atoms with Gasteiger partial charge in [0.2, 0.25) is 0 Å². The lowest BCUT2D eigenvalue weighted by Crippen LogP contribution is -2.32. The van der Waals surface area contributed by atoms with Gasteiger partial charge in [0.05, 0.1) is 19.3 Å². The minimum absolute atomic E-state index is 0.0629. The first-order valence-corrected chi connectivity index (χ1v) is 7.68. The molecule has 0 spiro atoms. The minimum atomic E-state index is -4.31. The lowest BCUT2D eigenvalue weighted by molar-refractivity contribution is 0.0188. The number of carbonyl (C=O) groups is 1. The highest BCUT2D eigenvalue weighted by atomic mass is 31.2. The maximum absolute atomic E-state index is 11.4. The van der Waals surface area contributed by atoms with E-state index in [-0.39, 0.29) is 12.4 Å². The number of aromatic nitrogens is 2. The number of aliphatic hydroxyl groups is 1. The standard InChI is InChI=1S/C8H14N3O6P.CH4N2O2/c9-7-1-2-11(8(13)10-7)3-6(4-12)17-5-18(14,15)16;2-1(4)3-5/h1-2,6,12H,3-5H2,(H2,9,10,13)(H2,14,15,16);5H,(H3,2,3,4)/t6-;/m0./s1. The number of nitrogens with two attached hydrogens (primary N) is 2. The largest absolute Gasteiger partial charge is 0.394 e. The lowest BCUT2D eigenvalue weighted by Gasteiger charge is -2.16. The van der Waals surface area contributed by atoms with Crippen LogP contribution in [-0.2, 0) is 15.8 Å². The Bertz CT molecular complexity index is 602. The maximum Gasteiger partial charge on any atom is 0.350 e. The van der Waals surface area contributed by atoms with Crippen molar-refractivity contribution in [2.24, 2.45) is 5.73 Å². The topological polar surface area (TPSA) is 223 Å². The summed E-state index contributed by atoms with van der Waals surface area (Å²) in [6, 6.07) is 0.448. The van der Waals surface area contributed by atoms with Crippen LogP contribution in [0.5, 0.6) is 0 Å². The average Bonchev–Trinajstić information content (AvgIpc) is 2.45. The summed E-state index contributed by atoms with van der Waals surface area (Å²) in [5, 5.41) is 16.4. The number of nitrogens with one attached hydrogen (secondary N) is 1. The van der Waals surface area contributed by atoms with E-state index in [1.54, 1.807) is 0 Å². The number of aliphatic hydroxyl groups excluding tert-OH is 1. The summed E-state index contributed by atoms with van der Waals surface area (Å²) in [6.45, 7) is -0.570. The fourth-order valence-corrected chi connectivity index (χ4v) is 1.57. The second-order valence-electron chi connectivity index (χ2n) is 4.03. The van der Waals surface area contributed by atoms with Crippen molar-refractivity contribution < 1.29 is 34.2 Å². The Balaban J connectivity index is 0.000000841. The van der Waals surface area contributed by atoms with Crippen LogP contribution >= 0.6 is 7.60 Å². The number of anilines is 1. The molecule has 0 unspecified atom stereocenters. The number of hydrogen-bond donors (Lipinski definition) is 7. The molecule has 0 aliphatic rings. The molecular formula is C9H18N5O8P. The maximum atomic E-state index is 11.4. The third-order valence-electron chi connectivity index (χ3n) is 2.09. The molecule has 9 N–H and O–H groups in total. The molecule has 1 atom stereocenters. The average molecular weight is 355 g/mol. The molecule has 0 aromatic carbocycles. The number of nitrogens with zero attached hydrogens (tertiary/aromatic N) is 2. The molecule has 1 rings (SSSR count). The third-order valence-corrected chi connectivity index (χ3v) is 2.57. The summed E-state index contributed by atoms with van der Waals surface area (Å²) in [6.07, 6.45) is -0.385. The molecule has 0 aliphatic heterocycles. The van der Waals surface area contributed by atoms with E-state index in [0.717, 1.165) is 4.57 Å². The van der Waals surface area contributed by atoms with Gasteiger partial charge in [-0.25, -0.2) is 15.1 Å². The molecule has 0 fully saturated rings. The first-order valence-electron chi connectivity index (χ1n) is 5.88. The normalized spacial score (nSPS) is 12.0. The monoisotopic (exact) mass is 355 g/mol. The molecule has 0 bridgehead atoms. The Labute approximate surface area is 129 Å². The summed E-state index contributed by atoms with van der Waals surface area (Å²) >= 11 is 0. The smallest absolute Gasteiger partial charge is 0.350 e. The zero-order valence-electron chi connectivity index (χ0n) is 11.8. The fourth-order valence-electron chi connectivity index (χ4n) is 1.17. The zero-order valence-corrected chi connectivity index (χ0v) is 12.7. The number of rotatable bonds is 6. The van der Waals surface area contributed by atoms with Crippen LogP contribution < -0.4 is 22.6 Å². The fraction of sp³-hybridized carbons (Fsp3) is 0.444. The molecule has 0 aliphatic carbocycles. The van der Waals surface area contributed by atoms with Crippen LogP contribution in [0, 0.1) is 0 Å². The highest BCUT2D eigenvalue weighted by molar-refractivity contribution is 7.51. The summed E-state index contributed by atoms with van der Waals surface area (Å²) in [7, 11) is -4.31. The lowest BCUT2D eigenvalue weighted by atomic mass is 10.3. The van der Waals surface area contributed by atoms with Crippen LogP contribution in [0.3, 0.4) is 0 Å². The van der Waals surface area contributed by atoms with Crippen LogP contribution in [0.2, 0.25) is 0 Å². The molecule has 1 aromatic heterocycles. The van der Waals surface area contributed by atoms with Gasteiger partial charge < -0.3 is 31.1 Å². The van der Waals surface area contributed by atoms with Gasteiger partial charge in [0.25, 0.3) is 0 Å². The number of carbonyl (C=O) groups excluding carboxylic acids is 1. The first kappa shape index (κ1) is 21.0. The van der Waals surface area contributed by atoms with Gasteiger partial charge in [0.15, 0.2) is 0 Å². The summed E-state index contributed by atoms with van der Waals surface area (Å²) in [5.41, 5.74) is 10.1. The Hall–Kier alpha value is -2.02. The number of urea groups is 1.